The summed E-state index contributed by atoms with van der Waals surface area (Å²) in [6.45, 7) is 1.07. The van der Waals surface area contributed by atoms with Gasteiger partial charge in [-0.25, -0.2) is 14.1 Å². The lowest BCUT2D eigenvalue weighted by Crippen LogP contribution is -2.28. The Hall–Kier alpha value is -2.51. The molecule has 0 unspecified atom stereocenters. The van der Waals surface area contributed by atoms with Crippen molar-refractivity contribution < 1.29 is 4.39 Å². The largest absolute Gasteiger partial charge is 0.358 e. The third-order valence-electron chi connectivity index (χ3n) is 3.39. The van der Waals surface area contributed by atoms with Gasteiger partial charge < -0.3 is 5.32 Å². The minimum Gasteiger partial charge on any atom is -0.358 e. The van der Waals surface area contributed by atoms with E-state index in [0.29, 0.717) is 29.2 Å². The second-order valence-corrected chi connectivity index (χ2v) is 6.17. The topological polar surface area (TPSA) is 54.8 Å². The normalized spacial score (nSPS) is 10.5. The van der Waals surface area contributed by atoms with Gasteiger partial charge in [0.1, 0.15) is 12.1 Å². The molecule has 1 heterocycles. The molecule has 0 saturated carbocycles. The summed E-state index contributed by atoms with van der Waals surface area (Å²) in [5.74, 6) is 0.137. The van der Waals surface area contributed by atoms with Gasteiger partial charge in [-0.3, -0.25) is 5.32 Å². The molecule has 0 aliphatic heterocycles. The molecular weight excluding hydrogens is 361 g/mol. The van der Waals surface area contributed by atoms with Gasteiger partial charge in [0.25, 0.3) is 0 Å². The van der Waals surface area contributed by atoms with Crippen molar-refractivity contribution in [3.63, 3.8) is 0 Å². The Bertz CT molecular complexity index is 848. The molecule has 0 radical (unpaired) electrons. The number of hydrogen-bond donors (Lipinski definition) is 2. The number of hydrogen-bond acceptors (Lipinski definition) is 3. The van der Waals surface area contributed by atoms with E-state index in [1.807, 2.05) is 24.3 Å². The number of thiocarbonyl (C=S) groups is 1. The van der Waals surface area contributed by atoms with Gasteiger partial charge in [0.15, 0.2) is 5.11 Å². The summed E-state index contributed by atoms with van der Waals surface area (Å²) < 4.78 is 14.6. The zero-order valence-electron chi connectivity index (χ0n) is 13.1. The van der Waals surface area contributed by atoms with Crippen molar-refractivity contribution in [2.75, 3.05) is 5.32 Å². The van der Waals surface area contributed by atoms with Crippen LogP contribution in [0.25, 0.3) is 0 Å². The lowest BCUT2D eigenvalue weighted by atomic mass is 10.2. The monoisotopic (exact) mass is 375 g/mol. The van der Waals surface area contributed by atoms with Gasteiger partial charge in [-0.15, -0.1) is 5.10 Å². The van der Waals surface area contributed by atoms with E-state index in [9.17, 15) is 4.39 Å². The number of rotatable bonds is 5. The Morgan fingerprint density at radius 2 is 1.76 bits per heavy atom. The van der Waals surface area contributed by atoms with E-state index in [2.05, 4.69) is 20.7 Å². The molecule has 0 atom stereocenters. The van der Waals surface area contributed by atoms with Crippen molar-refractivity contribution in [2.45, 2.75) is 13.1 Å². The third-order valence-corrected chi connectivity index (χ3v) is 3.88. The molecular formula is C17H15ClFN5S. The highest BCUT2D eigenvalue weighted by Gasteiger charge is 2.04. The van der Waals surface area contributed by atoms with Crippen LogP contribution in [0.4, 0.5) is 10.3 Å². The van der Waals surface area contributed by atoms with Crippen LogP contribution in [0.2, 0.25) is 5.02 Å². The van der Waals surface area contributed by atoms with E-state index < -0.39 is 0 Å². The van der Waals surface area contributed by atoms with Crippen molar-refractivity contribution in [3.05, 3.63) is 76.8 Å². The minimum atomic E-state index is -0.262. The van der Waals surface area contributed by atoms with Crippen molar-refractivity contribution >= 4 is 34.9 Å². The SMILES string of the molecule is Fc1ccc(Cn2cnc(NC(=S)NCc3ccc(Cl)cc3)n2)cc1. The number of benzene rings is 2. The average molecular weight is 376 g/mol. The summed E-state index contributed by atoms with van der Waals surface area (Å²) in [6, 6.07) is 13.8. The molecule has 2 aromatic carbocycles. The number of nitrogens with one attached hydrogen (secondary N) is 2. The van der Waals surface area contributed by atoms with Crippen LogP contribution >= 0.6 is 23.8 Å². The van der Waals surface area contributed by atoms with E-state index in [-0.39, 0.29) is 5.82 Å². The van der Waals surface area contributed by atoms with Crippen molar-refractivity contribution in [3.8, 4) is 0 Å². The Morgan fingerprint density at radius 3 is 2.48 bits per heavy atom. The van der Waals surface area contributed by atoms with Gasteiger partial charge in [0.2, 0.25) is 5.95 Å². The maximum atomic E-state index is 12.9. The molecule has 0 bridgehead atoms. The fourth-order valence-electron chi connectivity index (χ4n) is 2.14. The van der Waals surface area contributed by atoms with Crippen LogP contribution in [0.15, 0.2) is 54.9 Å². The zero-order chi connectivity index (χ0) is 17.6. The number of anilines is 1. The molecule has 2 N–H and O–H groups in total. The first-order valence-corrected chi connectivity index (χ1v) is 8.30. The van der Waals surface area contributed by atoms with E-state index in [1.165, 1.54) is 12.1 Å². The summed E-state index contributed by atoms with van der Waals surface area (Å²) in [5.41, 5.74) is 1.99. The molecule has 0 spiro atoms. The first-order valence-electron chi connectivity index (χ1n) is 7.52. The summed E-state index contributed by atoms with van der Waals surface area (Å²) >= 11 is 11.1. The van der Waals surface area contributed by atoms with Crippen molar-refractivity contribution in [2.24, 2.45) is 0 Å². The zero-order valence-corrected chi connectivity index (χ0v) is 14.7. The molecule has 1 aromatic heterocycles. The Labute approximate surface area is 154 Å². The molecule has 0 saturated heterocycles. The predicted octanol–water partition coefficient (Wildman–Crippen LogP) is 3.61. The highest BCUT2D eigenvalue weighted by Crippen LogP contribution is 2.09. The van der Waals surface area contributed by atoms with Crippen molar-refractivity contribution in [1.29, 1.82) is 0 Å². The third kappa shape index (κ3) is 5.23. The standard InChI is InChI=1S/C17H15ClFN5S/c18-14-5-1-12(2-6-14)9-20-17(25)22-16-21-11-24(23-16)10-13-3-7-15(19)8-4-13/h1-8,11H,9-10H2,(H2,20,22,23,25). The van der Waals surface area contributed by atoms with Crippen LogP contribution in [0.3, 0.4) is 0 Å². The number of nitrogens with zero attached hydrogens (tertiary/aromatic N) is 3. The Balaban J connectivity index is 1.51. The van der Waals surface area contributed by atoms with Crippen LogP contribution in [-0.4, -0.2) is 19.9 Å². The molecule has 3 aromatic rings. The second-order valence-electron chi connectivity index (χ2n) is 5.33. The lowest BCUT2D eigenvalue weighted by Gasteiger charge is -2.08. The molecule has 0 amide bonds. The van der Waals surface area contributed by atoms with E-state index in [0.717, 1.165) is 11.1 Å². The van der Waals surface area contributed by atoms with Gasteiger partial charge in [-0.05, 0) is 47.6 Å². The highest BCUT2D eigenvalue weighted by molar-refractivity contribution is 7.80. The highest BCUT2D eigenvalue weighted by atomic mass is 35.5. The molecule has 128 valence electrons. The fraction of sp³-hybridized carbons (Fsp3) is 0.118. The maximum absolute atomic E-state index is 12.9. The lowest BCUT2D eigenvalue weighted by molar-refractivity contribution is 0.624. The van der Waals surface area contributed by atoms with Crippen LogP contribution in [0.5, 0.6) is 0 Å². The summed E-state index contributed by atoms with van der Waals surface area (Å²) in [4.78, 5) is 4.16. The molecule has 0 aliphatic carbocycles. The molecule has 3 rings (SSSR count). The number of halogens is 2. The quantitative estimate of drug-likeness (QED) is 0.667. The molecule has 0 fully saturated rings. The second kappa shape index (κ2) is 8.04. The Morgan fingerprint density at radius 1 is 1.08 bits per heavy atom. The maximum Gasteiger partial charge on any atom is 0.248 e. The van der Waals surface area contributed by atoms with Crippen LogP contribution in [0.1, 0.15) is 11.1 Å². The molecule has 8 heteroatoms. The smallest absolute Gasteiger partial charge is 0.248 e. The van der Waals surface area contributed by atoms with E-state index in [1.54, 1.807) is 23.1 Å². The van der Waals surface area contributed by atoms with Gasteiger partial charge in [-0.2, -0.15) is 0 Å². The van der Waals surface area contributed by atoms with Crippen LogP contribution in [-0.2, 0) is 13.1 Å². The van der Waals surface area contributed by atoms with E-state index >= 15 is 0 Å². The van der Waals surface area contributed by atoms with Gasteiger partial charge >= 0.3 is 0 Å². The summed E-state index contributed by atoms with van der Waals surface area (Å²) in [5, 5.41) is 11.4. The molecule has 25 heavy (non-hydrogen) atoms. The molecule has 5 nitrogen and oxygen atoms in total. The Kier molecular flexibility index (Phi) is 5.57. The van der Waals surface area contributed by atoms with Gasteiger partial charge in [0.05, 0.1) is 6.54 Å². The van der Waals surface area contributed by atoms with E-state index in [4.69, 9.17) is 23.8 Å². The van der Waals surface area contributed by atoms with Gasteiger partial charge in [0, 0.05) is 11.6 Å². The fourth-order valence-corrected chi connectivity index (χ4v) is 2.42. The van der Waals surface area contributed by atoms with Crippen LogP contribution in [0, 0.1) is 5.82 Å². The predicted molar refractivity (Wildman–Crippen MR) is 100 cm³/mol. The number of aromatic nitrogens is 3. The summed E-state index contributed by atoms with van der Waals surface area (Å²) in [6.07, 6.45) is 1.59. The first-order chi connectivity index (χ1) is 12.1. The average Bonchev–Trinajstić information content (AvgIpc) is 3.03. The first kappa shape index (κ1) is 17.3. The van der Waals surface area contributed by atoms with Gasteiger partial charge in [-0.1, -0.05) is 35.9 Å². The van der Waals surface area contributed by atoms with Crippen molar-refractivity contribution in [1.82, 2.24) is 20.1 Å². The van der Waals surface area contributed by atoms with Crippen LogP contribution < -0.4 is 10.6 Å². The molecule has 0 aliphatic rings. The summed E-state index contributed by atoms with van der Waals surface area (Å²) in [7, 11) is 0. The minimum absolute atomic E-state index is 0.262.